The fourth-order valence-electron chi connectivity index (χ4n) is 2.70. The Kier molecular flexibility index (Phi) is 4.12. The number of hydrogen-bond acceptors (Lipinski definition) is 3. The summed E-state index contributed by atoms with van der Waals surface area (Å²) in [4.78, 5) is 16.1. The lowest BCUT2D eigenvalue weighted by molar-refractivity contribution is 0.143. The maximum absolute atomic E-state index is 12.1. The number of carbonyl (C=O) groups is 1. The van der Waals surface area contributed by atoms with Crippen molar-refractivity contribution < 1.29 is 9.90 Å². The maximum atomic E-state index is 12.1. The van der Waals surface area contributed by atoms with Crippen LogP contribution in [0.2, 0.25) is 0 Å². The van der Waals surface area contributed by atoms with Crippen molar-refractivity contribution in [3.05, 3.63) is 0 Å². The Morgan fingerprint density at radius 1 is 1.50 bits per heavy atom. The zero-order valence-electron chi connectivity index (χ0n) is 11.5. The minimum atomic E-state index is -0.0304. The third kappa shape index (κ3) is 2.95. The molecule has 2 aliphatic rings. The summed E-state index contributed by atoms with van der Waals surface area (Å²) in [5.74, 6) is 0. The fraction of sp³-hybridized carbons (Fsp3) is 0.923. The number of nitrogens with one attached hydrogen (secondary N) is 1. The standard InChI is InChI=1S/C13H25N3O2/c1-13(2,10-17)4-3-6-15-9-11-8-14-5-7-16(11)12(15)18/h11,14,17H,3-10H2,1-2H3. The van der Waals surface area contributed by atoms with Crippen LogP contribution in [-0.4, -0.2) is 66.3 Å². The van der Waals surface area contributed by atoms with Crippen LogP contribution in [0.5, 0.6) is 0 Å². The minimum Gasteiger partial charge on any atom is -0.396 e. The van der Waals surface area contributed by atoms with Gasteiger partial charge in [-0.2, -0.15) is 0 Å². The monoisotopic (exact) mass is 255 g/mol. The van der Waals surface area contributed by atoms with E-state index in [1.165, 1.54) is 0 Å². The molecule has 0 bridgehead atoms. The molecule has 0 radical (unpaired) electrons. The molecule has 2 rings (SSSR count). The number of fused-ring (bicyclic) bond motifs is 1. The number of urea groups is 1. The van der Waals surface area contributed by atoms with E-state index < -0.39 is 0 Å². The number of aliphatic hydroxyl groups is 1. The van der Waals surface area contributed by atoms with Gasteiger partial charge in [-0.15, -0.1) is 0 Å². The van der Waals surface area contributed by atoms with E-state index in [1.54, 1.807) is 0 Å². The Labute approximate surface area is 109 Å². The van der Waals surface area contributed by atoms with Crippen molar-refractivity contribution in [2.24, 2.45) is 5.41 Å². The van der Waals surface area contributed by atoms with Gasteiger partial charge in [0, 0.05) is 39.3 Å². The first-order valence-electron chi connectivity index (χ1n) is 6.91. The molecule has 0 aromatic heterocycles. The third-order valence-corrected chi connectivity index (χ3v) is 4.01. The summed E-state index contributed by atoms with van der Waals surface area (Å²) >= 11 is 0. The highest BCUT2D eigenvalue weighted by molar-refractivity contribution is 5.77. The zero-order valence-corrected chi connectivity index (χ0v) is 11.5. The van der Waals surface area contributed by atoms with Gasteiger partial charge in [0.05, 0.1) is 6.04 Å². The van der Waals surface area contributed by atoms with Gasteiger partial charge in [0.15, 0.2) is 0 Å². The Morgan fingerprint density at radius 2 is 2.28 bits per heavy atom. The average Bonchev–Trinajstić information content (AvgIpc) is 2.67. The first-order valence-corrected chi connectivity index (χ1v) is 6.91. The molecule has 2 fully saturated rings. The topological polar surface area (TPSA) is 55.8 Å². The lowest BCUT2D eigenvalue weighted by atomic mass is 9.89. The zero-order chi connectivity index (χ0) is 13.2. The summed E-state index contributed by atoms with van der Waals surface area (Å²) in [6.45, 7) is 8.67. The Hall–Kier alpha value is -0.810. The minimum absolute atomic E-state index is 0.0304. The van der Waals surface area contributed by atoms with Gasteiger partial charge in [0.2, 0.25) is 0 Å². The number of hydrogen-bond donors (Lipinski definition) is 2. The van der Waals surface area contributed by atoms with Crippen LogP contribution in [0.1, 0.15) is 26.7 Å². The molecule has 0 aromatic carbocycles. The second kappa shape index (κ2) is 5.45. The molecule has 0 saturated carbocycles. The molecular formula is C13H25N3O2. The number of amides is 2. The molecule has 104 valence electrons. The van der Waals surface area contributed by atoms with E-state index in [1.807, 2.05) is 9.80 Å². The SMILES string of the molecule is CC(C)(CO)CCCN1CC2CNCCN2C1=O. The van der Waals surface area contributed by atoms with E-state index in [0.717, 1.165) is 45.6 Å². The van der Waals surface area contributed by atoms with Crippen molar-refractivity contribution in [2.75, 3.05) is 39.3 Å². The highest BCUT2D eigenvalue weighted by Crippen LogP contribution is 2.23. The number of rotatable bonds is 5. The molecular weight excluding hydrogens is 230 g/mol. The number of nitrogens with zero attached hydrogens (tertiary/aromatic N) is 2. The van der Waals surface area contributed by atoms with Crippen molar-refractivity contribution in [1.82, 2.24) is 15.1 Å². The number of aliphatic hydroxyl groups excluding tert-OH is 1. The molecule has 2 heterocycles. The second-order valence-corrected chi connectivity index (χ2v) is 6.21. The van der Waals surface area contributed by atoms with E-state index >= 15 is 0 Å². The highest BCUT2D eigenvalue weighted by Gasteiger charge is 2.37. The molecule has 2 amide bonds. The molecule has 1 unspecified atom stereocenters. The lowest BCUT2D eigenvalue weighted by Gasteiger charge is -2.28. The first kappa shape index (κ1) is 13.6. The van der Waals surface area contributed by atoms with Gasteiger partial charge >= 0.3 is 6.03 Å². The Bertz CT molecular complexity index is 307. The van der Waals surface area contributed by atoms with Crippen molar-refractivity contribution in [3.8, 4) is 0 Å². The number of carbonyl (C=O) groups excluding carboxylic acids is 1. The summed E-state index contributed by atoms with van der Waals surface area (Å²) in [6.07, 6.45) is 1.92. The number of piperazine rings is 1. The summed E-state index contributed by atoms with van der Waals surface area (Å²) < 4.78 is 0. The van der Waals surface area contributed by atoms with Crippen LogP contribution < -0.4 is 5.32 Å². The van der Waals surface area contributed by atoms with Crippen LogP contribution >= 0.6 is 0 Å². The van der Waals surface area contributed by atoms with Crippen molar-refractivity contribution in [3.63, 3.8) is 0 Å². The molecule has 18 heavy (non-hydrogen) atoms. The molecule has 5 heteroatoms. The van der Waals surface area contributed by atoms with Crippen molar-refractivity contribution >= 4 is 6.03 Å². The van der Waals surface area contributed by atoms with E-state index in [4.69, 9.17) is 0 Å². The van der Waals surface area contributed by atoms with Gasteiger partial charge < -0.3 is 20.2 Å². The quantitative estimate of drug-likeness (QED) is 0.752. The van der Waals surface area contributed by atoms with Gasteiger partial charge in [-0.05, 0) is 18.3 Å². The van der Waals surface area contributed by atoms with E-state index in [9.17, 15) is 9.90 Å². The summed E-state index contributed by atoms with van der Waals surface area (Å²) in [5.41, 5.74) is -0.0304. The van der Waals surface area contributed by atoms with Crippen LogP contribution in [0.25, 0.3) is 0 Å². The predicted octanol–water partition coefficient (Wildman–Crippen LogP) is 0.495. The van der Waals surface area contributed by atoms with Crippen LogP contribution in [0.4, 0.5) is 4.79 Å². The smallest absolute Gasteiger partial charge is 0.320 e. The summed E-state index contributed by atoms with van der Waals surface area (Å²) in [7, 11) is 0. The van der Waals surface area contributed by atoms with Gasteiger partial charge in [0.25, 0.3) is 0 Å². The summed E-state index contributed by atoms with van der Waals surface area (Å²) in [5, 5.41) is 12.5. The van der Waals surface area contributed by atoms with Gasteiger partial charge in [-0.1, -0.05) is 13.8 Å². The summed E-state index contributed by atoms with van der Waals surface area (Å²) in [6, 6.07) is 0.556. The van der Waals surface area contributed by atoms with Crippen molar-refractivity contribution in [1.29, 1.82) is 0 Å². The Balaban J connectivity index is 1.79. The highest BCUT2D eigenvalue weighted by atomic mass is 16.3. The second-order valence-electron chi connectivity index (χ2n) is 6.21. The molecule has 2 saturated heterocycles. The molecule has 0 aliphatic carbocycles. The predicted molar refractivity (Wildman–Crippen MR) is 70.4 cm³/mol. The molecule has 2 aliphatic heterocycles. The normalized spacial score (nSPS) is 24.6. The molecule has 0 spiro atoms. The van der Waals surface area contributed by atoms with Gasteiger partial charge in [0.1, 0.15) is 0 Å². The van der Waals surface area contributed by atoms with Crippen LogP contribution in [0.3, 0.4) is 0 Å². The van der Waals surface area contributed by atoms with E-state index in [0.29, 0.717) is 6.04 Å². The molecule has 0 aromatic rings. The maximum Gasteiger partial charge on any atom is 0.320 e. The Morgan fingerprint density at radius 3 is 2.94 bits per heavy atom. The van der Waals surface area contributed by atoms with E-state index in [-0.39, 0.29) is 18.1 Å². The van der Waals surface area contributed by atoms with Crippen LogP contribution in [0, 0.1) is 5.41 Å². The lowest BCUT2D eigenvalue weighted by Crippen LogP contribution is -2.49. The molecule has 5 nitrogen and oxygen atoms in total. The van der Waals surface area contributed by atoms with Crippen molar-refractivity contribution in [2.45, 2.75) is 32.7 Å². The van der Waals surface area contributed by atoms with Crippen LogP contribution in [0.15, 0.2) is 0 Å². The largest absolute Gasteiger partial charge is 0.396 e. The molecule has 2 N–H and O–H groups in total. The first-order chi connectivity index (χ1) is 8.53. The third-order valence-electron chi connectivity index (χ3n) is 4.01. The van der Waals surface area contributed by atoms with E-state index in [2.05, 4.69) is 19.2 Å². The van der Waals surface area contributed by atoms with Gasteiger partial charge in [-0.25, -0.2) is 4.79 Å². The fourth-order valence-corrected chi connectivity index (χ4v) is 2.70. The van der Waals surface area contributed by atoms with Crippen LogP contribution in [-0.2, 0) is 0 Å². The molecule has 1 atom stereocenters. The van der Waals surface area contributed by atoms with Gasteiger partial charge in [-0.3, -0.25) is 0 Å². The average molecular weight is 255 g/mol.